The highest BCUT2D eigenvalue weighted by Crippen LogP contribution is 2.51. The van der Waals surface area contributed by atoms with Gasteiger partial charge in [-0.3, -0.25) is 0 Å². The summed E-state index contributed by atoms with van der Waals surface area (Å²) < 4.78 is 0. The first-order valence-electron chi connectivity index (χ1n) is 8.09. The molecule has 2 rings (SSSR count). The summed E-state index contributed by atoms with van der Waals surface area (Å²) in [5.74, 6) is 0.175. The molecule has 0 radical (unpaired) electrons. The second-order valence-electron chi connectivity index (χ2n) is 7.39. The predicted octanol–water partition coefficient (Wildman–Crippen LogP) is 2.76. The standard InChI is InChI=1S/C16H28N2O3/c1-11(2)15(8-9-15)10-17-14(21)18-16(13(19)20)6-4-12(3)5-7-16/h11-12H,4-10H2,1-3H3,(H,19,20)(H2,17,18,21). The second-order valence-corrected chi connectivity index (χ2v) is 7.39. The first-order chi connectivity index (χ1) is 9.80. The van der Waals surface area contributed by atoms with Crippen LogP contribution in [-0.2, 0) is 4.79 Å². The van der Waals surface area contributed by atoms with E-state index in [1.165, 1.54) is 0 Å². The van der Waals surface area contributed by atoms with E-state index < -0.39 is 11.5 Å². The summed E-state index contributed by atoms with van der Waals surface area (Å²) >= 11 is 0. The highest BCUT2D eigenvalue weighted by molar-refractivity contribution is 5.86. The Balaban J connectivity index is 1.89. The fraction of sp³-hybridized carbons (Fsp3) is 0.875. The van der Waals surface area contributed by atoms with Gasteiger partial charge in [0.2, 0.25) is 0 Å². The maximum absolute atomic E-state index is 12.1. The fourth-order valence-corrected chi connectivity index (χ4v) is 3.28. The van der Waals surface area contributed by atoms with Gasteiger partial charge >= 0.3 is 12.0 Å². The second kappa shape index (κ2) is 5.85. The van der Waals surface area contributed by atoms with Crippen LogP contribution in [-0.4, -0.2) is 29.2 Å². The molecule has 3 N–H and O–H groups in total. The Morgan fingerprint density at radius 2 is 1.76 bits per heavy atom. The SMILES string of the molecule is CC1CCC(NC(=O)NCC2(C(C)C)CC2)(C(=O)O)CC1. The molecule has 0 saturated heterocycles. The van der Waals surface area contributed by atoms with E-state index in [1.807, 2.05) is 0 Å². The summed E-state index contributed by atoms with van der Waals surface area (Å²) in [6.45, 7) is 7.12. The molecule has 0 heterocycles. The number of carbonyl (C=O) groups is 2. The van der Waals surface area contributed by atoms with Gasteiger partial charge in [0, 0.05) is 6.54 Å². The van der Waals surface area contributed by atoms with Crippen LogP contribution >= 0.6 is 0 Å². The molecule has 0 aromatic rings. The first-order valence-corrected chi connectivity index (χ1v) is 8.09. The van der Waals surface area contributed by atoms with Crippen molar-refractivity contribution in [2.24, 2.45) is 17.3 Å². The van der Waals surface area contributed by atoms with Crippen LogP contribution in [0.5, 0.6) is 0 Å². The average molecular weight is 296 g/mol. The van der Waals surface area contributed by atoms with Crippen LogP contribution < -0.4 is 10.6 Å². The molecule has 0 atom stereocenters. The maximum atomic E-state index is 12.1. The van der Waals surface area contributed by atoms with Crippen molar-refractivity contribution >= 4 is 12.0 Å². The Bertz CT molecular complexity index is 408. The Morgan fingerprint density at radius 3 is 2.19 bits per heavy atom. The van der Waals surface area contributed by atoms with Gasteiger partial charge in [-0.05, 0) is 55.8 Å². The number of carbonyl (C=O) groups excluding carboxylic acids is 1. The maximum Gasteiger partial charge on any atom is 0.329 e. The summed E-state index contributed by atoms with van der Waals surface area (Å²) in [6.07, 6.45) is 5.03. The van der Waals surface area contributed by atoms with Gasteiger partial charge in [-0.25, -0.2) is 9.59 Å². The number of carboxylic acid groups (broad SMARTS) is 1. The minimum Gasteiger partial charge on any atom is -0.480 e. The lowest BCUT2D eigenvalue weighted by Gasteiger charge is -2.36. The van der Waals surface area contributed by atoms with Crippen LogP contribution in [0.4, 0.5) is 4.79 Å². The quantitative estimate of drug-likeness (QED) is 0.730. The third-order valence-corrected chi connectivity index (χ3v) is 5.61. The van der Waals surface area contributed by atoms with Crippen molar-refractivity contribution in [2.75, 3.05) is 6.54 Å². The molecular weight excluding hydrogens is 268 g/mol. The molecule has 2 fully saturated rings. The Hall–Kier alpha value is -1.26. The first kappa shape index (κ1) is 16.1. The van der Waals surface area contributed by atoms with Crippen molar-refractivity contribution in [2.45, 2.75) is 64.8 Å². The predicted molar refractivity (Wildman–Crippen MR) is 81.0 cm³/mol. The number of rotatable bonds is 5. The molecule has 2 aliphatic carbocycles. The van der Waals surface area contributed by atoms with E-state index >= 15 is 0 Å². The molecule has 120 valence electrons. The molecule has 0 bridgehead atoms. The van der Waals surface area contributed by atoms with Gasteiger partial charge in [-0.2, -0.15) is 0 Å². The highest BCUT2D eigenvalue weighted by Gasteiger charge is 2.46. The molecule has 21 heavy (non-hydrogen) atoms. The van der Waals surface area contributed by atoms with E-state index in [-0.39, 0.29) is 11.4 Å². The summed E-state index contributed by atoms with van der Waals surface area (Å²) in [6, 6.07) is -0.334. The number of hydrogen-bond acceptors (Lipinski definition) is 2. The molecule has 2 saturated carbocycles. The van der Waals surface area contributed by atoms with E-state index in [1.54, 1.807) is 0 Å². The lowest BCUT2D eigenvalue weighted by atomic mass is 9.77. The van der Waals surface area contributed by atoms with E-state index in [4.69, 9.17) is 0 Å². The van der Waals surface area contributed by atoms with Gasteiger partial charge in [0.25, 0.3) is 0 Å². The van der Waals surface area contributed by atoms with Crippen LogP contribution in [0, 0.1) is 17.3 Å². The molecule has 0 aromatic heterocycles. The van der Waals surface area contributed by atoms with E-state index in [0.29, 0.717) is 31.2 Å². The van der Waals surface area contributed by atoms with Crippen LogP contribution in [0.1, 0.15) is 59.3 Å². The van der Waals surface area contributed by atoms with Gasteiger partial charge in [0.05, 0.1) is 0 Å². The topological polar surface area (TPSA) is 78.4 Å². The van der Waals surface area contributed by atoms with E-state index in [9.17, 15) is 14.7 Å². The molecule has 0 aliphatic heterocycles. The lowest BCUT2D eigenvalue weighted by Crippen LogP contribution is -2.59. The Morgan fingerprint density at radius 1 is 1.19 bits per heavy atom. The zero-order valence-corrected chi connectivity index (χ0v) is 13.4. The minimum atomic E-state index is -1.08. The largest absolute Gasteiger partial charge is 0.480 e. The molecule has 0 unspecified atom stereocenters. The minimum absolute atomic E-state index is 0.231. The fourth-order valence-electron chi connectivity index (χ4n) is 3.28. The third kappa shape index (κ3) is 3.50. The van der Waals surface area contributed by atoms with Gasteiger partial charge < -0.3 is 15.7 Å². The average Bonchev–Trinajstić information content (AvgIpc) is 3.20. The smallest absolute Gasteiger partial charge is 0.329 e. The van der Waals surface area contributed by atoms with E-state index in [2.05, 4.69) is 31.4 Å². The van der Waals surface area contributed by atoms with Crippen molar-refractivity contribution in [3.63, 3.8) is 0 Å². The number of urea groups is 1. The van der Waals surface area contributed by atoms with Crippen LogP contribution in [0.25, 0.3) is 0 Å². The van der Waals surface area contributed by atoms with Crippen molar-refractivity contribution in [3.05, 3.63) is 0 Å². The zero-order chi connectivity index (χ0) is 15.7. The van der Waals surface area contributed by atoms with Gasteiger partial charge in [-0.1, -0.05) is 20.8 Å². The number of nitrogens with one attached hydrogen (secondary N) is 2. The molecule has 0 aromatic carbocycles. The van der Waals surface area contributed by atoms with Gasteiger partial charge in [0.15, 0.2) is 0 Å². The number of hydrogen-bond donors (Lipinski definition) is 3. The molecule has 2 amide bonds. The summed E-state index contributed by atoms with van der Waals surface area (Å²) in [5.41, 5.74) is -0.847. The molecule has 0 spiro atoms. The molecule has 5 nitrogen and oxygen atoms in total. The Kier molecular flexibility index (Phi) is 4.49. The number of aliphatic carboxylic acids is 1. The molecular formula is C16H28N2O3. The summed E-state index contributed by atoms with van der Waals surface area (Å²) in [4.78, 5) is 23.7. The zero-order valence-electron chi connectivity index (χ0n) is 13.4. The summed E-state index contributed by atoms with van der Waals surface area (Å²) in [5, 5.41) is 15.1. The normalized spacial score (nSPS) is 30.8. The number of amides is 2. The van der Waals surface area contributed by atoms with Gasteiger partial charge in [0.1, 0.15) is 5.54 Å². The summed E-state index contributed by atoms with van der Waals surface area (Å²) in [7, 11) is 0. The monoisotopic (exact) mass is 296 g/mol. The van der Waals surface area contributed by atoms with Crippen LogP contribution in [0.2, 0.25) is 0 Å². The van der Waals surface area contributed by atoms with Crippen molar-refractivity contribution in [1.82, 2.24) is 10.6 Å². The Labute approximate surface area is 126 Å². The van der Waals surface area contributed by atoms with Crippen molar-refractivity contribution in [3.8, 4) is 0 Å². The van der Waals surface area contributed by atoms with Crippen LogP contribution in [0.3, 0.4) is 0 Å². The number of carboxylic acids is 1. The van der Waals surface area contributed by atoms with E-state index in [0.717, 1.165) is 25.7 Å². The van der Waals surface area contributed by atoms with Crippen LogP contribution in [0.15, 0.2) is 0 Å². The molecule has 2 aliphatic rings. The van der Waals surface area contributed by atoms with Gasteiger partial charge in [-0.15, -0.1) is 0 Å². The lowest BCUT2D eigenvalue weighted by molar-refractivity contribution is -0.146. The van der Waals surface area contributed by atoms with Crippen molar-refractivity contribution < 1.29 is 14.7 Å². The highest BCUT2D eigenvalue weighted by atomic mass is 16.4. The third-order valence-electron chi connectivity index (χ3n) is 5.61. The van der Waals surface area contributed by atoms with Crippen molar-refractivity contribution in [1.29, 1.82) is 0 Å². The molecule has 5 heteroatoms.